The molecule has 2 N–H and O–H groups in total. The van der Waals surface area contributed by atoms with E-state index < -0.39 is 0 Å². The molecule has 2 amide bonds. The van der Waals surface area contributed by atoms with Crippen molar-refractivity contribution in [3.8, 4) is 0 Å². The molecule has 0 unspecified atom stereocenters. The topological polar surface area (TPSA) is 74.3 Å². The molecule has 1 aromatic carbocycles. The van der Waals surface area contributed by atoms with Gasteiger partial charge in [-0.2, -0.15) is 0 Å². The minimum Gasteiger partial charge on any atom is -0.355 e. The van der Waals surface area contributed by atoms with E-state index in [-0.39, 0.29) is 11.8 Å². The van der Waals surface area contributed by atoms with Gasteiger partial charge in [-0.3, -0.25) is 14.6 Å². The number of pyridine rings is 1. The van der Waals surface area contributed by atoms with Gasteiger partial charge in [-0.15, -0.1) is 0 Å². The Kier molecular flexibility index (Phi) is 5.51. The summed E-state index contributed by atoms with van der Waals surface area (Å²) in [4.78, 5) is 29.8. The Hall–Kier alpha value is -2.89. The van der Waals surface area contributed by atoms with Crippen molar-refractivity contribution in [3.05, 3.63) is 48.3 Å². The van der Waals surface area contributed by atoms with Gasteiger partial charge in [0.25, 0.3) is 5.91 Å². The lowest BCUT2D eigenvalue weighted by Crippen LogP contribution is -2.38. The molecule has 1 fully saturated rings. The molecule has 6 nitrogen and oxygen atoms in total. The fourth-order valence-corrected chi connectivity index (χ4v) is 3.01. The largest absolute Gasteiger partial charge is 0.355 e. The second kappa shape index (κ2) is 7.99. The second-order valence-corrected chi connectivity index (χ2v) is 6.79. The molecule has 6 heteroatoms. The number of hydrogen-bond acceptors (Lipinski definition) is 4. The summed E-state index contributed by atoms with van der Waals surface area (Å²) in [6.07, 6.45) is 3.74. The molecule has 1 aliphatic rings. The maximum Gasteiger partial charge on any atom is 0.272 e. The van der Waals surface area contributed by atoms with Gasteiger partial charge in [0.15, 0.2) is 0 Å². The first-order valence-corrected chi connectivity index (χ1v) is 8.91. The van der Waals surface area contributed by atoms with Crippen LogP contribution in [0.3, 0.4) is 0 Å². The monoisotopic (exact) mass is 352 g/mol. The summed E-state index contributed by atoms with van der Waals surface area (Å²) in [6, 6.07) is 11.0. The van der Waals surface area contributed by atoms with Gasteiger partial charge >= 0.3 is 0 Å². The normalized spacial score (nSPS) is 14.8. The van der Waals surface area contributed by atoms with Gasteiger partial charge in [-0.1, -0.05) is 6.92 Å². The van der Waals surface area contributed by atoms with Crippen LogP contribution in [0.1, 0.15) is 37.2 Å². The van der Waals surface area contributed by atoms with Crippen LogP contribution in [0.25, 0.3) is 0 Å². The number of anilines is 3. The molecule has 1 aliphatic heterocycles. The minimum atomic E-state index is -0.102. The number of benzene rings is 1. The summed E-state index contributed by atoms with van der Waals surface area (Å²) in [6.45, 7) is 5.29. The fraction of sp³-hybridized carbons (Fsp3) is 0.350. The second-order valence-electron chi connectivity index (χ2n) is 6.79. The van der Waals surface area contributed by atoms with E-state index in [0.29, 0.717) is 11.6 Å². The van der Waals surface area contributed by atoms with Crippen molar-refractivity contribution < 1.29 is 9.59 Å². The van der Waals surface area contributed by atoms with Crippen LogP contribution in [0.4, 0.5) is 17.1 Å². The number of carbonyl (C=O) groups is 2. The number of likely N-dealkylation sites (tertiary alicyclic amines) is 1. The van der Waals surface area contributed by atoms with Crippen molar-refractivity contribution in [3.63, 3.8) is 0 Å². The predicted octanol–water partition coefficient (Wildman–Crippen LogP) is 3.66. The third kappa shape index (κ3) is 4.59. The molecule has 2 heterocycles. The summed E-state index contributed by atoms with van der Waals surface area (Å²) in [5, 5.41) is 6.00. The third-order valence-electron chi connectivity index (χ3n) is 4.54. The zero-order valence-corrected chi connectivity index (χ0v) is 15.2. The summed E-state index contributed by atoms with van der Waals surface area (Å²) in [5.41, 5.74) is 2.88. The molecular formula is C20H24N4O2. The van der Waals surface area contributed by atoms with Crippen molar-refractivity contribution in [1.29, 1.82) is 0 Å². The predicted molar refractivity (Wildman–Crippen MR) is 103 cm³/mol. The first-order valence-electron chi connectivity index (χ1n) is 8.91. The molecule has 136 valence electrons. The summed E-state index contributed by atoms with van der Waals surface area (Å²) < 4.78 is 0. The van der Waals surface area contributed by atoms with E-state index in [1.165, 1.54) is 6.92 Å². The molecule has 1 saturated heterocycles. The molecule has 3 rings (SSSR count). The van der Waals surface area contributed by atoms with E-state index >= 15 is 0 Å². The lowest BCUT2D eigenvalue weighted by molar-refractivity contribution is -0.114. The molecule has 26 heavy (non-hydrogen) atoms. The van der Waals surface area contributed by atoms with E-state index in [9.17, 15) is 9.59 Å². The van der Waals surface area contributed by atoms with Gasteiger partial charge in [0.2, 0.25) is 5.91 Å². The molecule has 0 radical (unpaired) electrons. The zero-order chi connectivity index (χ0) is 18.5. The first-order chi connectivity index (χ1) is 12.5. The number of nitrogens with one attached hydrogen (secondary N) is 2. The standard InChI is InChI=1S/C20H24N4O2/c1-14-8-11-24(12-9-14)20(26)19-13-18(7-10-21-19)23-17-5-3-16(4-6-17)22-15(2)25/h3-7,10,13-14H,8-9,11-12H2,1-2H3,(H,21,23)(H,22,25). The van der Waals surface area contributed by atoms with E-state index in [0.717, 1.165) is 43.0 Å². The highest BCUT2D eigenvalue weighted by Crippen LogP contribution is 2.21. The molecular weight excluding hydrogens is 328 g/mol. The molecule has 0 saturated carbocycles. The highest BCUT2D eigenvalue weighted by molar-refractivity contribution is 5.93. The maximum atomic E-state index is 12.7. The average Bonchev–Trinajstić information content (AvgIpc) is 2.63. The number of piperidine rings is 1. The molecule has 0 bridgehead atoms. The maximum absolute atomic E-state index is 12.7. The van der Waals surface area contributed by atoms with Crippen LogP contribution >= 0.6 is 0 Å². The number of aromatic nitrogens is 1. The quantitative estimate of drug-likeness (QED) is 0.881. The van der Waals surface area contributed by atoms with Crippen LogP contribution in [0.5, 0.6) is 0 Å². The Labute approximate surface area is 153 Å². The smallest absolute Gasteiger partial charge is 0.272 e. The van der Waals surface area contributed by atoms with Crippen LogP contribution in [-0.2, 0) is 4.79 Å². The van der Waals surface area contributed by atoms with Gasteiger partial charge in [0.05, 0.1) is 0 Å². The molecule has 0 spiro atoms. The van der Waals surface area contributed by atoms with Gasteiger partial charge < -0.3 is 15.5 Å². The number of hydrogen-bond donors (Lipinski definition) is 2. The molecule has 0 atom stereocenters. The first kappa shape index (κ1) is 17.9. The average molecular weight is 352 g/mol. The fourth-order valence-electron chi connectivity index (χ4n) is 3.01. The molecule has 1 aromatic heterocycles. The Balaban J connectivity index is 1.67. The van der Waals surface area contributed by atoms with Crippen LogP contribution in [-0.4, -0.2) is 34.8 Å². The van der Waals surface area contributed by atoms with Gasteiger partial charge in [0.1, 0.15) is 5.69 Å². The van der Waals surface area contributed by atoms with Crippen LogP contribution in [0.2, 0.25) is 0 Å². The number of carbonyl (C=O) groups excluding carboxylic acids is 2. The van der Waals surface area contributed by atoms with Crippen molar-refractivity contribution >= 4 is 28.9 Å². The lowest BCUT2D eigenvalue weighted by Gasteiger charge is -2.30. The Morgan fingerprint density at radius 1 is 1.04 bits per heavy atom. The van der Waals surface area contributed by atoms with Crippen molar-refractivity contribution in [1.82, 2.24) is 9.88 Å². The Bertz CT molecular complexity index is 781. The van der Waals surface area contributed by atoms with E-state index in [1.54, 1.807) is 12.3 Å². The number of rotatable bonds is 4. The van der Waals surface area contributed by atoms with Gasteiger partial charge in [-0.25, -0.2) is 0 Å². The Morgan fingerprint density at radius 3 is 2.35 bits per heavy atom. The van der Waals surface area contributed by atoms with E-state index in [4.69, 9.17) is 0 Å². The number of amides is 2. The SMILES string of the molecule is CC(=O)Nc1ccc(Nc2ccnc(C(=O)N3CCC(C)CC3)c2)cc1. The lowest BCUT2D eigenvalue weighted by atomic mass is 9.99. The third-order valence-corrected chi connectivity index (χ3v) is 4.54. The van der Waals surface area contributed by atoms with Crippen molar-refractivity contribution in [2.75, 3.05) is 23.7 Å². The summed E-state index contributed by atoms with van der Waals surface area (Å²) in [5.74, 6) is 0.567. The van der Waals surface area contributed by atoms with Gasteiger partial charge in [0, 0.05) is 43.3 Å². The van der Waals surface area contributed by atoms with Crippen LogP contribution < -0.4 is 10.6 Å². The summed E-state index contributed by atoms with van der Waals surface area (Å²) >= 11 is 0. The van der Waals surface area contributed by atoms with Crippen LogP contribution in [0.15, 0.2) is 42.6 Å². The van der Waals surface area contributed by atoms with Crippen molar-refractivity contribution in [2.45, 2.75) is 26.7 Å². The molecule has 2 aromatic rings. The Morgan fingerprint density at radius 2 is 1.69 bits per heavy atom. The summed E-state index contributed by atoms with van der Waals surface area (Å²) in [7, 11) is 0. The van der Waals surface area contributed by atoms with E-state index in [2.05, 4.69) is 22.5 Å². The number of nitrogens with zero attached hydrogens (tertiary/aromatic N) is 2. The highest BCUT2D eigenvalue weighted by atomic mass is 16.2. The highest BCUT2D eigenvalue weighted by Gasteiger charge is 2.22. The molecule has 0 aliphatic carbocycles. The van der Waals surface area contributed by atoms with Crippen LogP contribution in [0, 0.1) is 5.92 Å². The zero-order valence-electron chi connectivity index (χ0n) is 15.2. The minimum absolute atomic E-state index is 0.0124. The van der Waals surface area contributed by atoms with Gasteiger partial charge in [-0.05, 0) is 55.2 Å². The van der Waals surface area contributed by atoms with Crippen molar-refractivity contribution in [2.24, 2.45) is 5.92 Å². The van der Waals surface area contributed by atoms with E-state index in [1.807, 2.05) is 35.2 Å².